The molecule has 0 aromatic carbocycles. The van der Waals surface area contributed by atoms with Gasteiger partial charge in [-0.25, -0.2) is 9.59 Å². The average Bonchev–Trinajstić information content (AvgIpc) is 2.72. The van der Waals surface area contributed by atoms with Crippen LogP contribution >= 0.6 is 0 Å². The van der Waals surface area contributed by atoms with Gasteiger partial charge in [-0.15, -0.1) is 0 Å². The first-order chi connectivity index (χ1) is 11.6. The number of amides is 1. The molecule has 0 radical (unpaired) electrons. The van der Waals surface area contributed by atoms with E-state index < -0.39 is 23.8 Å². The monoisotopic (exact) mass is 349 g/mol. The van der Waals surface area contributed by atoms with E-state index in [-0.39, 0.29) is 28.5 Å². The molecule has 1 saturated heterocycles. The van der Waals surface area contributed by atoms with Crippen LogP contribution < -0.4 is 11.2 Å². The highest BCUT2D eigenvalue weighted by molar-refractivity contribution is 5.89. The molecule has 2 fully saturated rings. The molecular weight excluding hydrogens is 326 g/mol. The van der Waals surface area contributed by atoms with Crippen molar-refractivity contribution in [3.05, 3.63) is 32.6 Å². The van der Waals surface area contributed by atoms with Crippen LogP contribution in [0.1, 0.15) is 50.5 Å². The third-order valence-corrected chi connectivity index (χ3v) is 5.04. The predicted molar refractivity (Wildman–Crippen MR) is 89.2 cm³/mol. The Morgan fingerprint density at radius 1 is 1.24 bits per heavy atom. The molecule has 2 N–H and O–H groups in total. The summed E-state index contributed by atoms with van der Waals surface area (Å²) in [6.45, 7) is 6.89. The molecule has 2 atom stereocenters. The fraction of sp³-hybridized carbons (Fsp3) is 0.647. The zero-order valence-electron chi connectivity index (χ0n) is 14.7. The van der Waals surface area contributed by atoms with Crippen molar-refractivity contribution < 1.29 is 14.3 Å². The average molecular weight is 349 g/mol. The van der Waals surface area contributed by atoms with Gasteiger partial charge in [0.25, 0.3) is 11.5 Å². The van der Waals surface area contributed by atoms with Crippen molar-refractivity contribution in [2.45, 2.75) is 46.1 Å². The van der Waals surface area contributed by atoms with Gasteiger partial charge in [-0.2, -0.15) is 0 Å². The van der Waals surface area contributed by atoms with Gasteiger partial charge in [0.2, 0.25) is 0 Å². The summed E-state index contributed by atoms with van der Waals surface area (Å²) in [5.74, 6) is -1.14. The van der Waals surface area contributed by atoms with Crippen LogP contribution in [-0.2, 0) is 9.53 Å². The molecule has 1 aliphatic heterocycles. The number of carbonyl (C=O) groups is 2. The molecule has 3 rings (SSSR count). The predicted octanol–water partition coefficient (Wildman–Crippen LogP) is 0.647. The molecule has 2 aliphatic rings. The molecule has 8 heteroatoms. The molecule has 25 heavy (non-hydrogen) atoms. The lowest BCUT2D eigenvalue weighted by atomic mass is 9.65. The Kier molecular flexibility index (Phi) is 4.09. The maximum Gasteiger partial charge on any atom is 0.355 e. The molecule has 136 valence electrons. The van der Waals surface area contributed by atoms with Gasteiger partial charge in [0.1, 0.15) is 5.69 Å². The number of carbonyl (C=O) groups excluding carboxylic acids is 2. The highest BCUT2D eigenvalue weighted by atomic mass is 16.5. The first-order valence-electron chi connectivity index (χ1n) is 8.37. The first kappa shape index (κ1) is 17.4. The Balaban J connectivity index is 1.64. The van der Waals surface area contributed by atoms with Gasteiger partial charge in [-0.3, -0.25) is 14.6 Å². The van der Waals surface area contributed by atoms with Crippen LogP contribution in [0.5, 0.6) is 0 Å². The summed E-state index contributed by atoms with van der Waals surface area (Å²) in [5, 5.41) is 0. The van der Waals surface area contributed by atoms with Crippen LogP contribution in [0.4, 0.5) is 0 Å². The standard InChI is InChI=1S/C17H23N3O5/c1-16(2)5-10-6-17(3,8-16)9-20(10)13(22)7-25-14(23)11-4-12(21)19-15(24)18-11/h4,10H,5-9H2,1-3H3,(H2,18,19,21,24). The van der Waals surface area contributed by atoms with Crippen LogP contribution in [-0.4, -0.2) is 45.9 Å². The number of esters is 1. The normalized spacial score (nSPS) is 27.2. The van der Waals surface area contributed by atoms with E-state index >= 15 is 0 Å². The zero-order valence-corrected chi connectivity index (χ0v) is 14.7. The highest BCUT2D eigenvalue weighted by Gasteiger charge is 2.50. The van der Waals surface area contributed by atoms with E-state index in [1.165, 1.54) is 0 Å². The molecule has 1 saturated carbocycles. The molecule has 2 bridgehead atoms. The van der Waals surface area contributed by atoms with Gasteiger partial charge in [0, 0.05) is 18.7 Å². The third-order valence-electron chi connectivity index (χ3n) is 5.04. The first-order valence-corrected chi connectivity index (χ1v) is 8.37. The third kappa shape index (κ3) is 3.67. The van der Waals surface area contributed by atoms with Crippen molar-refractivity contribution in [2.24, 2.45) is 10.8 Å². The highest BCUT2D eigenvalue weighted by Crippen LogP contribution is 2.52. The van der Waals surface area contributed by atoms with Crippen LogP contribution in [0.15, 0.2) is 15.7 Å². The number of hydrogen-bond donors (Lipinski definition) is 2. The summed E-state index contributed by atoms with van der Waals surface area (Å²) >= 11 is 0. The Bertz CT molecular complexity index is 796. The Morgan fingerprint density at radius 3 is 2.64 bits per heavy atom. The Hall–Kier alpha value is -2.38. The van der Waals surface area contributed by atoms with Crippen molar-refractivity contribution >= 4 is 11.9 Å². The molecule has 1 aromatic heterocycles. The topological polar surface area (TPSA) is 112 Å². The summed E-state index contributed by atoms with van der Waals surface area (Å²) in [7, 11) is 0. The summed E-state index contributed by atoms with van der Waals surface area (Å²) in [6.07, 6.45) is 2.97. The minimum Gasteiger partial charge on any atom is -0.451 e. The fourth-order valence-corrected chi connectivity index (χ4v) is 4.62. The van der Waals surface area contributed by atoms with E-state index in [2.05, 4.69) is 25.8 Å². The van der Waals surface area contributed by atoms with Crippen LogP contribution in [0.25, 0.3) is 0 Å². The maximum absolute atomic E-state index is 12.5. The number of fused-ring (bicyclic) bond motifs is 2. The lowest BCUT2D eigenvalue weighted by molar-refractivity contribution is -0.135. The van der Waals surface area contributed by atoms with Gasteiger partial charge < -0.3 is 14.6 Å². The molecule has 8 nitrogen and oxygen atoms in total. The number of rotatable bonds is 3. The van der Waals surface area contributed by atoms with E-state index in [1.54, 1.807) is 0 Å². The van der Waals surface area contributed by atoms with E-state index in [0.29, 0.717) is 6.54 Å². The number of aromatic nitrogens is 2. The second-order valence-corrected chi connectivity index (χ2v) is 8.31. The van der Waals surface area contributed by atoms with Crippen molar-refractivity contribution in [1.29, 1.82) is 0 Å². The smallest absolute Gasteiger partial charge is 0.355 e. The minimum atomic E-state index is -0.898. The second kappa shape index (κ2) is 5.86. The van der Waals surface area contributed by atoms with Gasteiger partial charge in [0.15, 0.2) is 6.61 Å². The quantitative estimate of drug-likeness (QED) is 0.778. The van der Waals surface area contributed by atoms with Gasteiger partial charge in [0.05, 0.1) is 0 Å². The molecule has 2 heterocycles. The van der Waals surface area contributed by atoms with Gasteiger partial charge >= 0.3 is 11.7 Å². The number of likely N-dealkylation sites (tertiary alicyclic amines) is 1. The van der Waals surface area contributed by atoms with Crippen LogP contribution in [0.3, 0.4) is 0 Å². The molecule has 1 amide bonds. The van der Waals surface area contributed by atoms with Gasteiger partial charge in [-0.05, 0) is 30.1 Å². The van der Waals surface area contributed by atoms with Crippen molar-refractivity contribution in [3.63, 3.8) is 0 Å². The summed E-state index contributed by atoms with van der Waals surface area (Å²) < 4.78 is 4.99. The minimum absolute atomic E-state index is 0.101. The van der Waals surface area contributed by atoms with Crippen LogP contribution in [0, 0.1) is 10.8 Å². The Labute approximate surface area is 144 Å². The molecule has 2 unspecified atom stereocenters. The number of H-pyrrole nitrogens is 2. The lowest BCUT2D eigenvalue weighted by Crippen LogP contribution is -2.40. The van der Waals surface area contributed by atoms with E-state index in [9.17, 15) is 19.2 Å². The lowest BCUT2D eigenvalue weighted by Gasteiger charge is -2.39. The summed E-state index contributed by atoms with van der Waals surface area (Å²) in [6, 6.07) is 1.10. The largest absolute Gasteiger partial charge is 0.451 e. The summed E-state index contributed by atoms with van der Waals surface area (Å²) in [4.78, 5) is 52.8. The van der Waals surface area contributed by atoms with Crippen molar-refractivity contribution in [2.75, 3.05) is 13.2 Å². The number of nitrogens with one attached hydrogen (secondary N) is 2. The van der Waals surface area contributed by atoms with E-state index in [1.807, 2.05) is 9.88 Å². The number of ether oxygens (including phenoxy) is 1. The molecule has 1 aromatic rings. The number of aromatic amines is 2. The van der Waals surface area contributed by atoms with Crippen molar-refractivity contribution in [3.8, 4) is 0 Å². The maximum atomic E-state index is 12.5. The van der Waals surface area contributed by atoms with E-state index in [4.69, 9.17) is 4.74 Å². The number of nitrogens with zero attached hydrogens (tertiary/aromatic N) is 1. The molecule has 0 spiro atoms. The SMILES string of the molecule is CC1(C)CC2CC(C)(CN2C(=O)COC(=O)c2cc(=O)[nH]c(=O)[nH]2)C1. The van der Waals surface area contributed by atoms with Gasteiger partial charge in [-0.1, -0.05) is 20.8 Å². The Morgan fingerprint density at radius 2 is 1.96 bits per heavy atom. The summed E-state index contributed by atoms with van der Waals surface area (Å²) in [5.41, 5.74) is -1.48. The van der Waals surface area contributed by atoms with E-state index in [0.717, 1.165) is 25.3 Å². The molecule has 1 aliphatic carbocycles. The zero-order chi connectivity index (χ0) is 18.4. The molecular formula is C17H23N3O5. The van der Waals surface area contributed by atoms with Crippen LogP contribution in [0.2, 0.25) is 0 Å². The second-order valence-electron chi connectivity index (χ2n) is 8.31. The van der Waals surface area contributed by atoms with Crippen molar-refractivity contribution in [1.82, 2.24) is 14.9 Å². The number of hydrogen-bond acceptors (Lipinski definition) is 5. The fourth-order valence-electron chi connectivity index (χ4n) is 4.62.